The molecule has 3 heterocycles. The number of anilines is 1. The van der Waals surface area contributed by atoms with E-state index in [2.05, 4.69) is 50.1 Å². The van der Waals surface area contributed by atoms with Gasteiger partial charge in [-0.2, -0.15) is 0 Å². The Labute approximate surface area is 265 Å². The minimum Gasteiger partial charge on any atom is -0.493 e. The lowest BCUT2D eigenvalue weighted by Gasteiger charge is -2.30. The van der Waals surface area contributed by atoms with Gasteiger partial charge in [-0.05, 0) is 42.7 Å². The average Bonchev–Trinajstić information content (AvgIpc) is 3.75. The molecule has 1 amide bonds. The Morgan fingerprint density at radius 3 is 2.69 bits per heavy atom. The molecule has 1 saturated heterocycles. The Hall–Kier alpha value is -4.09. The lowest BCUT2D eigenvalue weighted by Crippen LogP contribution is -2.45. The highest BCUT2D eigenvalue weighted by molar-refractivity contribution is 5.95. The number of aromatic nitrogens is 2. The highest BCUT2D eigenvalue weighted by atomic mass is 16.7. The van der Waals surface area contributed by atoms with Gasteiger partial charge >= 0.3 is 5.97 Å². The number of aryl methyl sites for hydroxylation is 1. The van der Waals surface area contributed by atoms with Gasteiger partial charge in [0.2, 0.25) is 18.4 Å². The van der Waals surface area contributed by atoms with E-state index < -0.39 is 11.9 Å². The summed E-state index contributed by atoms with van der Waals surface area (Å²) in [6.45, 7) is 4.74. The normalized spacial score (nSPS) is 19.5. The number of aliphatic carboxylic acids is 1. The van der Waals surface area contributed by atoms with Crippen LogP contribution in [-0.2, 0) is 22.7 Å². The molecule has 0 spiro atoms. The molecule has 0 aliphatic carbocycles. The van der Waals surface area contributed by atoms with Crippen molar-refractivity contribution in [3.05, 3.63) is 66.2 Å². The number of amides is 1. The SMILES string of the molecule is CCCCN(C(=O)CN1C[C@H](c2cc(OC)c3c(c2)OCO3)[C@@H](C(=O)O)[C@@H]1CCn1ccnc1)c1cccc(C[N+](C)(C)C)c1. The molecular formula is C34H46N5O6+. The molecule has 2 aliphatic rings. The third-order valence-electron chi connectivity index (χ3n) is 8.64. The molecule has 0 radical (unpaired) electrons. The number of benzene rings is 2. The van der Waals surface area contributed by atoms with Crippen LogP contribution in [0.2, 0.25) is 0 Å². The van der Waals surface area contributed by atoms with E-state index in [1.165, 1.54) is 0 Å². The van der Waals surface area contributed by atoms with E-state index in [1.54, 1.807) is 19.6 Å². The molecule has 0 unspecified atom stereocenters. The van der Waals surface area contributed by atoms with E-state index in [0.717, 1.165) is 40.7 Å². The molecule has 1 fully saturated rings. The van der Waals surface area contributed by atoms with Gasteiger partial charge in [0, 0.05) is 55.2 Å². The van der Waals surface area contributed by atoms with Crippen molar-refractivity contribution in [3.8, 4) is 17.2 Å². The van der Waals surface area contributed by atoms with Crippen molar-refractivity contribution in [2.24, 2.45) is 5.92 Å². The number of methoxy groups -OCH3 is 1. The lowest BCUT2D eigenvalue weighted by atomic mass is 9.84. The van der Waals surface area contributed by atoms with E-state index in [-0.39, 0.29) is 31.2 Å². The predicted octanol–water partition coefficient (Wildman–Crippen LogP) is 4.22. The summed E-state index contributed by atoms with van der Waals surface area (Å²) in [6.07, 6.45) is 7.69. The Balaban J connectivity index is 1.46. The van der Waals surface area contributed by atoms with Gasteiger partial charge in [-0.3, -0.25) is 14.5 Å². The monoisotopic (exact) mass is 620 g/mol. The maximum Gasteiger partial charge on any atom is 0.308 e. The molecule has 0 bridgehead atoms. The summed E-state index contributed by atoms with van der Waals surface area (Å²) < 4.78 is 19.6. The van der Waals surface area contributed by atoms with Crippen molar-refractivity contribution in [2.75, 3.05) is 59.6 Å². The second-order valence-corrected chi connectivity index (χ2v) is 13.0. The van der Waals surface area contributed by atoms with Crippen molar-refractivity contribution in [3.63, 3.8) is 0 Å². The Kier molecular flexibility index (Phi) is 9.99. The van der Waals surface area contributed by atoms with Gasteiger partial charge in [-0.15, -0.1) is 0 Å². The van der Waals surface area contributed by atoms with Gasteiger partial charge in [-0.1, -0.05) is 25.5 Å². The predicted molar refractivity (Wildman–Crippen MR) is 171 cm³/mol. The van der Waals surface area contributed by atoms with Crippen molar-refractivity contribution >= 4 is 17.6 Å². The number of fused-ring (bicyclic) bond motifs is 1. The van der Waals surface area contributed by atoms with Gasteiger partial charge < -0.3 is 33.3 Å². The van der Waals surface area contributed by atoms with Gasteiger partial charge in [-0.25, -0.2) is 4.98 Å². The molecule has 45 heavy (non-hydrogen) atoms. The van der Waals surface area contributed by atoms with Crippen LogP contribution in [0.3, 0.4) is 0 Å². The number of rotatable bonds is 14. The van der Waals surface area contributed by atoms with E-state index in [0.29, 0.717) is 43.3 Å². The second-order valence-electron chi connectivity index (χ2n) is 13.0. The molecular weight excluding hydrogens is 574 g/mol. The van der Waals surface area contributed by atoms with Crippen LogP contribution < -0.4 is 19.1 Å². The number of hydrogen-bond donors (Lipinski definition) is 1. The maximum absolute atomic E-state index is 14.2. The summed E-state index contributed by atoms with van der Waals surface area (Å²) in [5, 5.41) is 10.6. The van der Waals surface area contributed by atoms with E-state index in [4.69, 9.17) is 14.2 Å². The summed E-state index contributed by atoms with van der Waals surface area (Å²) in [5.41, 5.74) is 2.83. The number of imidazole rings is 1. The number of carbonyl (C=O) groups excluding carboxylic acids is 1. The second kappa shape index (κ2) is 13.9. The maximum atomic E-state index is 14.2. The number of carbonyl (C=O) groups is 2. The molecule has 2 aliphatic heterocycles. The molecule has 3 aromatic rings. The third kappa shape index (κ3) is 7.59. The number of unbranched alkanes of at least 4 members (excludes halogenated alkanes) is 1. The fourth-order valence-corrected chi connectivity index (χ4v) is 6.60. The van der Waals surface area contributed by atoms with Crippen molar-refractivity contribution < 1.29 is 33.4 Å². The van der Waals surface area contributed by atoms with E-state index in [9.17, 15) is 14.7 Å². The summed E-state index contributed by atoms with van der Waals surface area (Å²) in [4.78, 5) is 35.3. The first-order valence-electron chi connectivity index (χ1n) is 15.7. The number of hydrogen-bond acceptors (Lipinski definition) is 7. The van der Waals surface area contributed by atoms with Gasteiger partial charge in [0.05, 0.1) is 47.0 Å². The number of nitrogens with zero attached hydrogens (tertiary/aromatic N) is 5. The molecule has 1 N–H and O–H groups in total. The number of carboxylic acids is 1. The van der Waals surface area contributed by atoms with Crippen LogP contribution in [0, 0.1) is 5.92 Å². The zero-order chi connectivity index (χ0) is 32.1. The number of quaternary nitrogens is 1. The van der Waals surface area contributed by atoms with Gasteiger partial charge in [0.25, 0.3) is 0 Å². The number of ether oxygens (including phenoxy) is 3. The smallest absolute Gasteiger partial charge is 0.308 e. The largest absolute Gasteiger partial charge is 0.493 e. The van der Waals surface area contributed by atoms with E-state index in [1.807, 2.05) is 39.9 Å². The first-order valence-corrected chi connectivity index (χ1v) is 15.7. The lowest BCUT2D eigenvalue weighted by molar-refractivity contribution is -0.884. The minimum atomic E-state index is -0.891. The van der Waals surface area contributed by atoms with E-state index >= 15 is 0 Å². The first-order chi connectivity index (χ1) is 21.6. The van der Waals surface area contributed by atoms with Gasteiger partial charge in [0.15, 0.2) is 11.5 Å². The zero-order valence-electron chi connectivity index (χ0n) is 27.0. The Bertz CT molecular complexity index is 1470. The molecule has 11 heteroatoms. The summed E-state index contributed by atoms with van der Waals surface area (Å²) in [6, 6.07) is 11.5. The fourth-order valence-electron chi connectivity index (χ4n) is 6.60. The Morgan fingerprint density at radius 1 is 1.18 bits per heavy atom. The topological polar surface area (TPSA) is 106 Å². The molecule has 1 aromatic heterocycles. The highest BCUT2D eigenvalue weighted by Gasteiger charge is 2.47. The van der Waals surface area contributed by atoms with Crippen LogP contribution in [0.1, 0.15) is 43.2 Å². The molecule has 11 nitrogen and oxygen atoms in total. The van der Waals surface area contributed by atoms with Crippen molar-refractivity contribution in [1.29, 1.82) is 0 Å². The molecule has 3 atom stereocenters. The molecule has 0 saturated carbocycles. The summed E-state index contributed by atoms with van der Waals surface area (Å²) in [7, 11) is 8.00. The van der Waals surface area contributed by atoms with Crippen molar-refractivity contribution in [2.45, 2.75) is 51.2 Å². The molecule has 2 aromatic carbocycles. The number of likely N-dealkylation sites (tertiary alicyclic amines) is 1. The van der Waals surface area contributed by atoms with Crippen LogP contribution in [0.5, 0.6) is 17.2 Å². The minimum absolute atomic E-state index is 0.0356. The standard InChI is InChI=1S/C34H45N5O6/c1-6-7-13-38(26-10-8-9-24(16-26)21-39(2,3)4)31(40)20-37-19-27(25-17-29(43-5)33-30(18-25)44-23-45-33)32(34(41)42)28(37)11-14-36-15-12-35-22-36/h8-10,12,15-18,22,27-28,32H,6-7,11,13-14,19-21,23H2,1-5H3/p+1/t27-,28+,32-/m1/s1. The van der Waals surface area contributed by atoms with Crippen LogP contribution in [0.25, 0.3) is 0 Å². The van der Waals surface area contributed by atoms with Crippen molar-refractivity contribution in [1.82, 2.24) is 14.5 Å². The first kappa shape index (κ1) is 32.3. The van der Waals surface area contributed by atoms with Crippen LogP contribution in [0.15, 0.2) is 55.1 Å². The fraction of sp³-hybridized carbons (Fsp3) is 0.500. The van der Waals surface area contributed by atoms with Crippen LogP contribution in [0.4, 0.5) is 5.69 Å². The van der Waals surface area contributed by atoms with Crippen LogP contribution >= 0.6 is 0 Å². The Morgan fingerprint density at radius 2 is 2.00 bits per heavy atom. The number of carboxylic acid groups (broad SMARTS) is 1. The molecule has 5 rings (SSSR count). The highest BCUT2D eigenvalue weighted by Crippen LogP contribution is 2.47. The zero-order valence-corrected chi connectivity index (χ0v) is 27.0. The average molecular weight is 621 g/mol. The summed E-state index contributed by atoms with van der Waals surface area (Å²) >= 11 is 0. The molecule has 242 valence electrons. The third-order valence-corrected chi connectivity index (χ3v) is 8.64. The quantitative estimate of drug-likeness (QED) is 0.267. The van der Waals surface area contributed by atoms with Crippen LogP contribution in [-0.4, -0.2) is 96.6 Å². The van der Waals surface area contributed by atoms with Gasteiger partial charge in [0.1, 0.15) is 6.54 Å². The summed E-state index contributed by atoms with van der Waals surface area (Å²) in [5.74, 6) is -0.490.